The van der Waals surface area contributed by atoms with Gasteiger partial charge in [-0.05, 0) is 24.6 Å². The molecule has 0 unspecified atom stereocenters. The summed E-state index contributed by atoms with van der Waals surface area (Å²) in [6, 6.07) is 20.8. The zero-order chi connectivity index (χ0) is 15.5. The van der Waals surface area contributed by atoms with Crippen LogP contribution < -0.4 is 4.90 Å². The number of hydrogen-bond donors (Lipinski definition) is 0. The molecule has 1 saturated heterocycles. The standard InChI is InChI=1S/C17H21NO.C2H4O/c1-2-18(17-11-7-4-8-12-17)13-14-19-15-16-9-5-3-6-10-16;1-2-3-1/h3-12H,2,13-15H2,1H3;1-2H2. The maximum atomic E-state index is 5.73. The molecule has 2 aromatic rings. The van der Waals surface area contributed by atoms with E-state index < -0.39 is 0 Å². The van der Waals surface area contributed by atoms with E-state index in [1.54, 1.807) is 0 Å². The molecule has 0 aliphatic carbocycles. The molecule has 3 nitrogen and oxygen atoms in total. The van der Waals surface area contributed by atoms with Gasteiger partial charge in [0, 0.05) is 18.8 Å². The number of anilines is 1. The number of epoxide rings is 1. The van der Waals surface area contributed by atoms with Gasteiger partial charge in [-0.15, -0.1) is 0 Å². The molecule has 3 rings (SSSR count). The van der Waals surface area contributed by atoms with Crippen LogP contribution in [0.3, 0.4) is 0 Å². The van der Waals surface area contributed by atoms with Crippen molar-refractivity contribution < 1.29 is 9.47 Å². The fourth-order valence-corrected chi connectivity index (χ4v) is 2.05. The van der Waals surface area contributed by atoms with E-state index in [1.807, 2.05) is 24.3 Å². The molecule has 1 aliphatic rings. The molecule has 1 aliphatic heterocycles. The van der Waals surface area contributed by atoms with Gasteiger partial charge in [0.25, 0.3) is 0 Å². The summed E-state index contributed by atoms with van der Waals surface area (Å²) >= 11 is 0. The van der Waals surface area contributed by atoms with Gasteiger partial charge >= 0.3 is 0 Å². The van der Waals surface area contributed by atoms with Crippen LogP contribution in [0.25, 0.3) is 0 Å². The number of para-hydroxylation sites is 1. The molecule has 0 aromatic heterocycles. The van der Waals surface area contributed by atoms with Gasteiger partial charge in [-0.25, -0.2) is 0 Å². The first kappa shape index (κ1) is 16.5. The fourth-order valence-electron chi connectivity index (χ4n) is 2.05. The molecule has 0 spiro atoms. The van der Waals surface area contributed by atoms with E-state index in [1.165, 1.54) is 11.3 Å². The number of benzene rings is 2. The summed E-state index contributed by atoms with van der Waals surface area (Å²) in [6.45, 7) is 7.53. The van der Waals surface area contributed by atoms with Gasteiger partial charge in [-0.3, -0.25) is 0 Å². The van der Waals surface area contributed by atoms with Crippen molar-refractivity contribution in [2.45, 2.75) is 13.5 Å². The molecule has 0 amide bonds. The molecule has 3 heteroatoms. The van der Waals surface area contributed by atoms with Crippen LogP contribution in [0.5, 0.6) is 0 Å². The van der Waals surface area contributed by atoms with Crippen molar-refractivity contribution in [3.8, 4) is 0 Å². The Kier molecular flexibility index (Phi) is 7.50. The Morgan fingerprint density at radius 1 is 0.955 bits per heavy atom. The van der Waals surface area contributed by atoms with Crippen LogP contribution in [-0.4, -0.2) is 32.9 Å². The second-order valence-electron chi connectivity index (χ2n) is 5.07. The van der Waals surface area contributed by atoms with Gasteiger partial charge in [-0.1, -0.05) is 48.5 Å². The predicted octanol–water partition coefficient (Wildman–Crippen LogP) is 3.75. The highest BCUT2D eigenvalue weighted by Gasteiger charge is 2.02. The van der Waals surface area contributed by atoms with Crippen molar-refractivity contribution in [2.24, 2.45) is 0 Å². The maximum Gasteiger partial charge on any atom is 0.0717 e. The third-order valence-electron chi connectivity index (χ3n) is 3.32. The summed E-state index contributed by atoms with van der Waals surface area (Å²) < 4.78 is 10.2. The highest BCUT2D eigenvalue weighted by molar-refractivity contribution is 5.45. The smallest absolute Gasteiger partial charge is 0.0717 e. The molecule has 0 radical (unpaired) electrons. The number of likely N-dealkylation sites (N-methyl/N-ethyl adjacent to an activating group) is 1. The molecule has 22 heavy (non-hydrogen) atoms. The van der Waals surface area contributed by atoms with Crippen molar-refractivity contribution in [1.29, 1.82) is 0 Å². The minimum absolute atomic E-state index is 0.688. The normalized spacial score (nSPS) is 12.2. The zero-order valence-corrected chi connectivity index (χ0v) is 13.3. The van der Waals surface area contributed by atoms with Crippen LogP contribution in [0.15, 0.2) is 60.7 Å². The van der Waals surface area contributed by atoms with Crippen molar-refractivity contribution in [2.75, 3.05) is 37.8 Å². The molecule has 0 bridgehead atoms. The van der Waals surface area contributed by atoms with Crippen LogP contribution in [0, 0.1) is 0 Å². The van der Waals surface area contributed by atoms with Gasteiger partial charge in [0.2, 0.25) is 0 Å². The molecular formula is C19H25NO2. The third-order valence-corrected chi connectivity index (χ3v) is 3.32. The molecule has 118 valence electrons. The summed E-state index contributed by atoms with van der Waals surface area (Å²) in [7, 11) is 0. The minimum atomic E-state index is 0.688. The number of ether oxygens (including phenoxy) is 2. The lowest BCUT2D eigenvalue weighted by Crippen LogP contribution is -2.26. The Hall–Kier alpha value is -1.84. The first-order valence-corrected chi connectivity index (χ1v) is 7.89. The van der Waals surface area contributed by atoms with E-state index in [2.05, 4.69) is 53.0 Å². The van der Waals surface area contributed by atoms with E-state index >= 15 is 0 Å². The highest BCUT2D eigenvalue weighted by Crippen LogP contribution is 2.12. The SMILES string of the molecule is C1CO1.CCN(CCOCc1ccccc1)c1ccccc1. The van der Waals surface area contributed by atoms with E-state index in [9.17, 15) is 0 Å². The molecule has 1 fully saturated rings. The van der Waals surface area contributed by atoms with Gasteiger partial charge in [0.05, 0.1) is 26.4 Å². The molecule has 0 atom stereocenters. The second kappa shape index (κ2) is 9.98. The minimum Gasteiger partial charge on any atom is -0.377 e. The number of nitrogens with zero attached hydrogens (tertiary/aromatic N) is 1. The van der Waals surface area contributed by atoms with Crippen LogP contribution in [-0.2, 0) is 16.1 Å². The molecule has 0 N–H and O–H groups in total. The predicted molar refractivity (Wildman–Crippen MR) is 91.2 cm³/mol. The maximum absolute atomic E-state index is 5.73. The molecule has 1 heterocycles. The van der Waals surface area contributed by atoms with Crippen molar-refractivity contribution in [1.82, 2.24) is 0 Å². The van der Waals surface area contributed by atoms with Crippen LogP contribution in [0.2, 0.25) is 0 Å². The van der Waals surface area contributed by atoms with Crippen molar-refractivity contribution in [3.63, 3.8) is 0 Å². The summed E-state index contributed by atoms with van der Waals surface area (Å²) in [5, 5.41) is 0. The Morgan fingerprint density at radius 2 is 1.55 bits per heavy atom. The first-order chi connectivity index (χ1) is 10.9. The van der Waals surface area contributed by atoms with Crippen LogP contribution in [0.1, 0.15) is 12.5 Å². The number of hydrogen-bond acceptors (Lipinski definition) is 3. The summed E-state index contributed by atoms with van der Waals surface area (Å²) in [5.74, 6) is 0. The van der Waals surface area contributed by atoms with Crippen molar-refractivity contribution in [3.05, 3.63) is 66.2 Å². The Morgan fingerprint density at radius 3 is 2.09 bits per heavy atom. The van der Waals surface area contributed by atoms with E-state index in [0.29, 0.717) is 6.61 Å². The van der Waals surface area contributed by atoms with Gasteiger partial charge in [0.15, 0.2) is 0 Å². The summed E-state index contributed by atoms with van der Waals surface area (Å²) in [5.41, 5.74) is 2.48. The third kappa shape index (κ3) is 6.74. The summed E-state index contributed by atoms with van der Waals surface area (Å²) in [6.07, 6.45) is 0. The lowest BCUT2D eigenvalue weighted by atomic mass is 10.2. The topological polar surface area (TPSA) is 25.0 Å². The highest BCUT2D eigenvalue weighted by atomic mass is 16.6. The second-order valence-corrected chi connectivity index (χ2v) is 5.07. The lowest BCUT2D eigenvalue weighted by Gasteiger charge is -2.22. The zero-order valence-electron chi connectivity index (χ0n) is 13.3. The van der Waals surface area contributed by atoms with Crippen LogP contribution in [0.4, 0.5) is 5.69 Å². The average molecular weight is 299 g/mol. The molecule has 0 saturated carbocycles. The summed E-state index contributed by atoms with van der Waals surface area (Å²) in [4.78, 5) is 2.32. The van der Waals surface area contributed by atoms with Crippen molar-refractivity contribution >= 4 is 5.69 Å². The van der Waals surface area contributed by atoms with E-state index in [-0.39, 0.29) is 0 Å². The van der Waals surface area contributed by atoms with Gasteiger partial charge in [-0.2, -0.15) is 0 Å². The lowest BCUT2D eigenvalue weighted by molar-refractivity contribution is 0.127. The number of rotatable bonds is 7. The Balaban J connectivity index is 0.000000523. The van der Waals surface area contributed by atoms with Gasteiger partial charge in [0.1, 0.15) is 0 Å². The molecule has 2 aromatic carbocycles. The first-order valence-electron chi connectivity index (χ1n) is 7.89. The largest absolute Gasteiger partial charge is 0.377 e. The average Bonchev–Trinajstić information content (AvgIpc) is 3.46. The van der Waals surface area contributed by atoms with Crippen LogP contribution >= 0.6 is 0 Å². The fraction of sp³-hybridized carbons (Fsp3) is 0.368. The monoisotopic (exact) mass is 299 g/mol. The Labute approximate surface area is 133 Å². The quantitative estimate of drug-likeness (QED) is 0.575. The Bertz CT molecular complexity index is 497. The van der Waals surface area contributed by atoms with E-state index in [4.69, 9.17) is 4.74 Å². The molecular weight excluding hydrogens is 274 g/mol. The van der Waals surface area contributed by atoms with E-state index in [0.717, 1.165) is 32.9 Å². The van der Waals surface area contributed by atoms with Gasteiger partial charge < -0.3 is 14.4 Å².